The zero-order valence-electron chi connectivity index (χ0n) is 37.6. The Morgan fingerprint density at radius 1 is 0.304 bits per heavy atom. The van der Waals surface area contributed by atoms with Gasteiger partial charge in [0, 0.05) is 49.6 Å². The molecular formula is C66H42N2O. The zero-order valence-corrected chi connectivity index (χ0v) is 37.6. The van der Waals surface area contributed by atoms with Crippen molar-refractivity contribution in [2.75, 3.05) is 4.90 Å². The maximum Gasteiger partial charge on any atom is 0.143 e. The van der Waals surface area contributed by atoms with E-state index < -0.39 is 0 Å². The number of fused-ring (bicyclic) bond motifs is 11. The van der Waals surface area contributed by atoms with Crippen LogP contribution in [0.5, 0.6) is 0 Å². The van der Waals surface area contributed by atoms with Crippen molar-refractivity contribution in [1.82, 2.24) is 4.57 Å². The molecular weight excluding hydrogens is 837 g/mol. The number of anilines is 3. The van der Waals surface area contributed by atoms with Crippen LogP contribution in [0.25, 0.3) is 115 Å². The van der Waals surface area contributed by atoms with E-state index in [1.54, 1.807) is 0 Å². The highest BCUT2D eigenvalue weighted by atomic mass is 16.3. The quantitative estimate of drug-likeness (QED) is 0.149. The van der Waals surface area contributed by atoms with Crippen molar-refractivity contribution in [2.24, 2.45) is 0 Å². The number of para-hydroxylation sites is 3. The van der Waals surface area contributed by atoms with E-state index in [4.69, 9.17) is 4.42 Å². The molecule has 0 aliphatic carbocycles. The molecule has 0 fully saturated rings. The molecule has 14 rings (SSSR count). The maximum atomic E-state index is 6.64. The number of aromatic nitrogens is 1. The average Bonchev–Trinajstić information content (AvgIpc) is 3.98. The van der Waals surface area contributed by atoms with Gasteiger partial charge in [0.15, 0.2) is 0 Å². The third kappa shape index (κ3) is 6.36. The lowest BCUT2D eigenvalue weighted by Crippen LogP contribution is -2.10. The smallest absolute Gasteiger partial charge is 0.143 e. The molecule has 3 nitrogen and oxygen atoms in total. The van der Waals surface area contributed by atoms with E-state index in [9.17, 15) is 0 Å². The molecule has 0 saturated heterocycles. The molecule has 0 unspecified atom stereocenters. The van der Waals surface area contributed by atoms with E-state index >= 15 is 0 Å². The zero-order chi connectivity index (χ0) is 45.4. The van der Waals surface area contributed by atoms with E-state index in [0.717, 1.165) is 66.8 Å². The van der Waals surface area contributed by atoms with Gasteiger partial charge in [0.25, 0.3) is 0 Å². The summed E-state index contributed by atoms with van der Waals surface area (Å²) in [6.07, 6.45) is 0. The predicted octanol–water partition coefficient (Wildman–Crippen LogP) is 18.6. The number of rotatable bonds is 7. The lowest BCUT2D eigenvalue weighted by Gasteiger charge is -2.26. The molecule has 0 saturated carbocycles. The summed E-state index contributed by atoms with van der Waals surface area (Å²) in [4.78, 5) is 2.38. The Morgan fingerprint density at radius 3 is 1.62 bits per heavy atom. The monoisotopic (exact) mass is 878 g/mol. The number of hydrogen-bond donors (Lipinski definition) is 0. The highest BCUT2D eigenvalue weighted by Crippen LogP contribution is 2.44. The van der Waals surface area contributed by atoms with Gasteiger partial charge in [0.1, 0.15) is 11.2 Å². The molecule has 2 heterocycles. The number of benzene rings is 12. The van der Waals surface area contributed by atoms with Crippen LogP contribution in [0.15, 0.2) is 259 Å². The second kappa shape index (κ2) is 15.7. The summed E-state index contributed by atoms with van der Waals surface area (Å²) >= 11 is 0. The molecule has 14 aromatic rings. The molecule has 0 aliphatic heterocycles. The van der Waals surface area contributed by atoms with E-state index in [1.165, 1.54) is 65.4 Å². The first-order chi connectivity index (χ1) is 34.2. The van der Waals surface area contributed by atoms with Gasteiger partial charge in [-0.3, -0.25) is 0 Å². The van der Waals surface area contributed by atoms with Gasteiger partial charge in [0.05, 0.1) is 16.7 Å². The minimum atomic E-state index is 0.885. The fourth-order valence-corrected chi connectivity index (χ4v) is 10.9. The fraction of sp³-hybridized carbons (Fsp3) is 0. The van der Waals surface area contributed by atoms with Crippen LogP contribution in [0.2, 0.25) is 0 Å². The first-order valence-electron chi connectivity index (χ1n) is 23.7. The Labute approximate surface area is 399 Å². The third-order valence-corrected chi connectivity index (χ3v) is 14.2. The van der Waals surface area contributed by atoms with Crippen LogP contribution in [-0.4, -0.2) is 4.57 Å². The van der Waals surface area contributed by atoms with Gasteiger partial charge in [-0.15, -0.1) is 0 Å². The summed E-state index contributed by atoms with van der Waals surface area (Å²) in [5.74, 6) is 0. The van der Waals surface area contributed by atoms with E-state index in [-0.39, 0.29) is 0 Å². The lowest BCUT2D eigenvalue weighted by molar-refractivity contribution is 0.673. The van der Waals surface area contributed by atoms with Crippen LogP contribution >= 0.6 is 0 Å². The molecule has 0 bridgehead atoms. The van der Waals surface area contributed by atoms with Crippen LogP contribution < -0.4 is 4.90 Å². The molecule has 322 valence electrons. The Kier molecular flexibility index (Phi) is 8.90. The average molecular weight is 879 g/mol. The first kappa shape index (κ1) is 39.0. The topological polar surface area (TPSA) is 21.3 Å². The molecule has 0 atom stereocenters. The largest absolute Gasteiger partial charge is 0.455 e. The van der Waals surface area contributed by atoms with E-state index in [0.29, 0.717) is 0 Å². The molecule has 2 aromatic heterocycles. The first-order valence-corrected chi connectivity index (χ1v) is 23.7. The van der Waals surface area contributed by atoms with Gasteiger partial charge < -0.3 is 13.9 Å². The predicted molar refractivity (Wildman–Crippen MR) is 292 cm³/mol. The summed E-state index contributed by atoms with van der Waals surface area (Å²) in [5, 5.41) is 12.1. The van der Waals surface area contributed by atoms with Gasteiger partial charge >= 0.3 is 0 Å². The molecule has 0 radical (unpaired) electrons. The Bertz CT molecular complexity index is 4260. The van der Waals surface area contributed by atoms with Crippen LogP contribution in [0.3, 0.4) is 0 Å². The van der Waals surface area contributed by atoms with E-state index in [1.807, 2.05) is 0 Å². The van der Waals surface area contributed by atoms with Crippen LogP contribution in [0.1, 0.15) is 0 Å². The Balaban J connectivity index is 0.895. The molecule has 69 heavy (non-hydrogen) atoms. The normalized spacial score (nSPS) is 11.8. The number of hydrogen-bond acceptors (Lipinski definition) is 2. The SMILES string of the molecule is c1cc(-c2cccc3oc4c5ccccc5ccc4c23)cc(N(c2ccc(-c3ccc4c(ccc5ccccc54)c3)cc2)c2ccc(-c3ccccc3-n3c4ccccc4c4ccccc43)cc2)c1. The van der Waals surface area contributed by atoms with Crippen LogP contribution in [0, 0.1) is 0 Å². The van der Waals surface area contributed by atoms with Gasteiger partial charge in [-0.05, 0) is 128 Å². The Morgan fingerprint density at radius 2 is 0.855 bits per heavy atom. The fourth-order valence-electron chi connectivity index (χ4n) is 10.9. The summed E-state index contributed by atoms with van der Waals surface area (Å²) < 4.78 is 9.06. The third-order valence-electron chi connectivity index (χ3n) is 14.2. The second-order valence-electron chi connectivity index (χ2n) is 18.0. The number of nitrogens with zero attached hydrogens (tertiary/aromatic N) is 2. The van der Waals surface area contributed by atoms with Gasteiger partial charge in [0.2, 0.25) is 0 Å². The van der Waals surface area contributed by atoms with E-state index in [2.05, 4.69) is 264 Å². The minimum absolute atomic E-state index is 0.885. The van der Waals surface area contributed by atoms with Crippen LogP contribution in [-0.2, 0) is 0 Å². The van der Waals surface area contributed by atoms with Gasteiger partial charge in [-0.1, -0.05) is 182 Å². The van der Waals surface area contributed by atoms with Gasteiger partial charge in [-0.25, -0.2) is 0 Å². The summed E-state index contributed by atoms with van der Waals surface area (Å²) in [5.41, 5.74) is 15.5. The van der Waals surface area contributed by atoms with Crippen molar-refractivity contribution in [3.63, 3.8) is 0 Å². The van der Waals surface area contributed by atoms with Crippen molar-refractivity contribution in [2.45, 2.75) is 0 Å². The number of furan rings is 1. The molecule has 0 spiro atoms. The highest BCUT2D eigenvalue weighted by Gasteiger charge is 2.20. The van der Waals surface area contributed by atoms with Crippen LogP contribution in [0.4, 0.5) is 17.1 Å². The standard InChI is InChI=1S/C66H42N2O/c1-3-17-53-44(13-1)27-28-49-41-47(34-39-54(49)53)43-29-35-50(36-30-43)67(52-16-11-15-48(42-52)56-22-12-26-64-65(56)60-40-33-45-14-2-4-19-57(45)66(60)69-64)51-37-31-46(32-38-51)55-18-5-8-23-61(55)68-62-24-9-6-20-58(62)59-21-7-10-25-63(59)68/h1-42H. The van der Waals surface area contributed by atoms with Crippen molar-refractivity contribution >= 4 is 93.1 Å². The minimum Gasteiger partial charge on any atom is -0.455 e. The van der Waals surface area contributed by atoms with Crippen molar-refractivity contribution in [3.8, 4) is 39.1 Å². The molecule has 12 aromatic carbocycles. The molecule has 3 heteroatoms. The second-order valence-corrected chi connectivity index (χ2v) is 18.0. The Hall–Kier alpha value is -9.18. The molecule has 0 N–H and O–H groups in total. The lowest BCUT2D eigenvalue weighted by atomic mass is 9.97. The van der Waals surface area contributed by atoms with Gasteiger partial charge in [-0.2, -0.15) is 0 Å². The molecule has 0 aliphatic rings. The summed E-state index contributed by atoms with van der Waals surface area (Å²) in [7, 11) is 0. The van der Waals surface area contributed by atoms with Crippen molar-refractivity contribution < 1.29 is 4.42 Å². The highest BCUT2D eigenvalue weighted by molar-refractivity contribution is 6.19. The maximum absolute atomic E-state index is 6.64. The summed E-state index contributed by atoms with van der Waals surface area (Å²) in [6, 6.07) is 92.5. The van der Waals surface area contributed by atoms with Crippen molar-refractivity contribution in [3.05, 3.63) is 255 Å². The summed E-state index contributed by atoms with van der Waals surface area (Å²) in [6.45, 7) is 0. The molecule has 0 amide bonds. The van der Waals surface area contributed by atoms with Crippen molar-refractivity contribution in [1.29, 1.82) is 0 Å².